The highest BCUT2D eigenvalue weighted by atomic mass is 16.5. The predicted molar refractivity (Wildman–Crippen MR) is 89.7 cm³/mol. The molecule has 0 aliphatic heterocycles. The minimum absolute atomic E-state index is 0.230. The summed E-state index contributed by atoms with van der Waals surface area (Å²) < 4.78 is 5.66. The molecule has 1 aliphatic carbocycles. The third kappa shape index (κ3) is 5.80. The van der Waals surface area contributed by atoms with Gasteiger partial charge in [0, 0.05) is 19.3 Å². The number of benzene rings is 1. The van der Waals surface area contributed by atoms with Crippen molar-refractivity contribution >= 4 is 0 Å². The topological polar surface area (TPSA) is 21.3 Å². The van der Waals surface area contributed by atoms with Crippen molar-refractivity contribution in [1.82, 2.24) is 5.32 Å². The molecule has 2 rings (SSSR count). The van der Waals surface area contributed by atoms with Gasteiger partial charge in [0.25, 0.3) is 0 Å². The van der Waals surface area contributed by atoms with Crippen LogP contribution in [0.2, 0.25) is 0 Å². The van der Waals surface area contributed by atoms with Crippen LogP contribution in [0.5, 0.6) is 0 Å². The lowest BCUT2D eigenvalue weighted by atomic mass is 9.86. The Morgan fingerprint density at radius 1 is 1.19 bits per heavy atom. The zero-order chi connectivity index (χ0) is 15.3. The summed E-state index contributed by atoms with van der Waals surface area (Å²) >= 11 is 0. The Labute approximate surface area is 130 Å². The van der Waals surface area contributed by atoms with Gasteiger partial charge in [-0.3, -0.25) is 0 Å². The quantitative estimate of drug-likeness (QED) is 0.714. The first-order chi connectivity index (χ1) is 9.97. The van der Waals surface area contributed by atoms with Gasteiger partial charge < -0.3 is 10.1 Å². The van der Waals surface area contributed by atoms with E-state index in [-0.39, 0.29) is 5.41 Å². The van der Waals surface area contributed by atoms with Crippen molar-refractivity contribution in [3.8, 4) is 0 Å². The molecule has 1 atom stereocenters. The molecule has 0 bridgehead atoms. The van der Waals surface area contributed by atoms with Crippen LogP contribution in [0.4, 0.5) is 0 Å². The normalized spacial score (nSPS) is 17.0. The fourth-order valence-electron chi connectivity index (χ4n) is 2.42. The van der Waals surface area contributed by atoms with E-state index in [9.17, 15) is 0 Å². The van der Waals surface area contributed by atoms with Gasteiger partial charge in [0.1, 0.15) is 0 Å². The van der Waals surface area contributed by atoms with Crippen LogP contribution in [-0.2, 0) is 10.2 Å². The molecule has 0 saturated heterocycles. The third-order valence-corrected chi connectivity index (χ3v) is 4.24. The second kappa shape index (κ2) is 7.42. The van der Waals surface area contributed by atoms with Gasteiger partial charge in [-0.2, -0.15) is 0 Å². The van der Waals surface area contributed by atoms with Gasteiger partial charge in [0.2, 0.25) is 0 Å². The van der Waals surface area contributed by atoms with E-state index >= 15 is 0 Å². The molecule has 0 amide bonds. The molecule has 2 heteroatoms. The minimum atomic E-state index is 0.230. The van der Waals surface area contributed by atoms with E-state index in [4.69, 9.17) is 4.74 Å². The average molecular weight is 289 g/mol. The Morgan fingerprint density at radius 2 is 1.86 bits per heavy atom. The molecule has 21 heavy (non-hydrogen) atoms. The van der Waals surface area contributed by atoms with Crippen molar-refractivity contribution < 1.29 is 4.74 Å². The molecule has 1 aliphatic rings. The summed E-state index contributed by atoms with van der Waals surface area (Å²) in [5.74, 6) is 0.873. The van der Waals surface area contributed by atoms with Crippen molar-refractivity contribution in [3.05, 3.63) is 35.4 Å². The first-order valence-corrected chi connectivity index (χ1v) is 8.38. The van der Waals surface area contributed by atoms with Gasteiger partial charge in [-0.15, -0.1) is 0 Å². The molecule has 2 nitrogen and oxygen atoms in total. The van der Waals surface area contributed by atoms with Gasteiger partial charge in [0.15, 0.2) is 0 Å². The van der Waals surface area contributed by atoms with E-state index in [1.807, 2.05) is 0 Å². The summed E-state index contributed by atoms with van der Waals surface area (Å²) in [6, 6.07) is 9.42. The molecule has 0 radical (unpaired) electrons. The van der Waals surface area contributed by atoms with Crippen molar-refractivity contribution in [1.29, 1.82) is 0 Å². The Hall–Kier alpha value is -0.860. The highest BCUT2D eigenvalue weighted by molar-refractivity contribution is 5.28. The van der Waals surface area contributed by atoms with Crippen LogP contribution in [-0.4, -0.2) is 19.8 Å². The summed E-state index contributed by atoms with van der Waals surface area (Å²) in [6.45, 7) is 11.9. The number of hydrogen-bond acceptors (Lipinski definition) is 2. The fourth-order valence-corrected chi connectivity index (χ4v) is 2.42. The maximum Gasteiger partial charge on any atom is 0.0494 e. The first-order valence-electron chi connectivity index (χ1n) is 8.38. The number of nitrogens with one attached hydrogen (secondary N) is 1. The van der Waals surface area contributed by atoms with Gasteiger partial charge in [-0.05, 0) is 55.2 Å². The van der Waals surface area contributed by atoms with Gasteiger partial charge in [-0.1, -0.05) is 45.0 Å². The summed E-state index contributed by atoms with van der Waals surface area (Å²) in [7, 11) is 0. The van der Waals surface area contributed by atoms with Crippen LogP contribution in [0.25, 0.3) is 0 Å². The monoisotopic (exact) mass is 289 g/mol. The lowest BCUT2D eigenvalue weighted by molar-refractivity contribution is 0.121. The minimum Gasteiger partial charge on any atom is -0.381 e. The lowest BCUT2D eigenvalue weighted by Crippen LogP contribution is -2.21. The molecule has 118 valence electrons. The molecule has 0 aromatic heterocycles. The maximum absolute atomic E-state index is 5.66. The third-order valence-electron chi connectivity index (χ3n) is 4.24. The van der Waals surface area contributed by atoms with Crippen molar-refractivity contribution in [2.45, 2.75) is 58.4 Å². The van der Waals surface area contributed by atoms with E-state index in [1.165, 1.54) is 24.0 Å². The van der Waals surface area contributed by atoms with E-state index in [0.717, 1.165) is 32.1 Å². The van der Waals surface area contributed by atoms with E-state index in [0.29, 0.717) is 6.04 Å². The van der Waals surface area contributed by atoms with E-state index in [1.54, 1.807) is 0 Å². The standard InChI is InChI=1S/C19H31NO/c1-15(20-12-5-13-21-14-16-6-7-16)17-8-10-18(11-9-17)19(2,3)4/h8-11,15-16,20H,5-7,12-14H2,1-4H3. The molecular formula is C19H31NO. The second-order valence-electron chi connectivity index (χ2n) is 7.42. The summed E-state index contributed by atoms with van der Waals surface area (Å²) in [5, 5.41) is 3.58. The Balaban J connectivity index is 1.66. The fraction of sp³-hybridized carbons (Fsp3) is 0.684. The van der Waals surface area contributed by atoms with Gasteiger partial charge in [0.05, 0.1) is 0 Å². The predicted octanol–water partition coefficient (Wildman–Crippen LogP) is 4.45. The highest BCUT2D eigenvalue weighted by Gasteiger charge is 2.20. The smallest absolute Gasteiger partial charge is 0.0494 e. The first kappa shape index (κ1) is 16.5. The lowest BCUT2D eigenvalue weighted by Gasteiger charge is -2.20. The molecule has 0 spiro atoms. The van der Waals surface area contributed by atoms with Crippen LogP contribution >= 0.6 is 0 Å². The largest absolute Gasteiger partial charge is 0.381 e. The van der Waals surface area contributed by atoms with Crippen molar-refractivity contribution in [2.24, 2.45) is 5.92 Å². The molecule has 1 fully saturated rings. The summed E-state index contributed by atoms with van der Waals surface area (Å²) in [5.41, 5.74) is 2.99. The molecule has 1 unspecified atom stereocenters. The van der Waals surface area contributed by atoms with Crippen LogP contribution in [0.1, 0.15) is 64.1 Å². The van der Waals surface area contributed by atoms with Gasteiger partial charge >= 0.3 is 0 Å². The number of ether oxygens (including phenoxy) is 1. The van der Waals surface area contributed by atoms with E-state index < -0.39 is 0 Å². The number of hydrogen-bond donors (Lipinski definition) is 1. The SMILES string of the molecule is CC(NCCCOCC1CC1)c1ccc(C(C)(C)C)cc1. The molecule has 1 N–H and O–H groups in total. The van der Waals surface area contributed by atoms with Crippen LogP contribution < -0.4 is 5.32 Å². The Bertz CT molecular complexity index is 414. The van der Waals surface area contributed by atoms with E-state index in [2.05, 4.69) is 57.3 Å². The van der Waals surface area contributed by atoms with Crippen molar-refractivity contribution in [3.63, 3.8) is 0 Å². The van der Waals surface area contributed by atoms with Crippen LogP contribution in [0.3, 0.4) is 0 Å². The van der Waals surface area contributed by atoms with Crippen LogP contribution in [0.15, 0.2) is 24.3 Å². The second-order valence-corrected chi connectivity index (χ2v) is 7.42. The van der Waals surface area contributed by atoms with Crippen LogP contribution in [0, 0.1) is 5.92 Å². The molecule has 0 heterocycles. The molecule has 1 aromatic rings. The average Bonchev–Trinajstić information content (AvgIpc) is 3.26. The highest BCUT2D eigenvalue weighted by Crippen LogP contribution is 2.28. The molecule has 1 aromatic carbocycles. The number of rotatable bonds is 8. The molecular weight excluding hydrogens is 258 g/mol. The summed E-state index contributed by atoms with van der Waals surface area (Å²) in [4.78, 5) is 0. The zero-order valence-corrected chi connectivity index (χ0v) is 14.1. The van der Waals surface area contributed by atoms with Gasteiger partial charge in [-0.25, -0.2) is 0 Å². The maximum atomic E-state index is 5.66. The zero-order valence-electron chi connectivity index (χ0n) is 14.1. The Kier molecular flexibility index (Phi) is 5.83. The van der Waals surface area contributed by atoms with Crippen molar-refractivity contribution in [2.75, 3.05) is 19.8 Å². The Morgan fingerprint density at radius 3 is 2.43 bits per heavy atom. The summed E-state index contributed by atoms with van der Waals surface area (Å²) in [6.07, 6.45) is 3.84. The molecule has 1 saturated carbocycles.